The molecule has 0 unspecified atom stereocenters. The second-order valence-electron chi connectivity index (χ2n) is 8.76. The molecule has 2 fully saturated rings. The molecule has 4 rings (SSSR count). The maximum absolute atomic E-state index is 13.1. The molecule has 34 heavy (non-hydrogen) atoms. The number of anilines is 1. The summed E-state index contributed by atoms with van der Waals surface area (Å²) in [7, 11) is 1.66. The van der Waals surface area contributed by atoms with Gasteiger partial charge in [-0.2, -0.15) is 0 Å². The summed E-state index contributed by atoms with van der Waals surface area (Å²) in [5.41, 5.74) is 1.89. The second kappa shape index (κ2) is 11.9. The Kier molecular flexibility index (Phi) is 8.38. The van der Waals surface area contributed by atoms with E-state index in [-0.39, 0.29) is 23.9 Å². The molecule has 0 spiro atoms. The molecule has 0 radical (unpaired) electrons. The molecule has 2 saturated heterocycles. The number of carbonyl (C=O) groups is 2. The average molecular weight is 467 g/mol. The van der Waals surface area contributed by atoms with E-state index in [1.54, 1.807) is 12.0 Å². The van der Waals surface area contributed by atoms with Gasteiger partial charge in [0, 0.05) is 38.4 Å². The highest BCUT2D eigenvalue weighted by Gasteiger charge is 2.30. The minimum Gasteiger partial charge on any atom is -0.497 e. The molecule has 2 aromatic rings. The van der Waals surface area contributed by atoms with Crippen molar-refractivity contribution >= 4 is 17.6 Å². The summed E-state index contributed by atoms with van der Waals surface area (Å²) in [5.74, 6) is 0.602. The van der Waals surface area contributed by atoms with Crippen molar-refractivity contribution in [3.63, 3.8) is 0 Å². The van der Waals surface area contributed by atoms with Crippen molar-refractivity contribution in [3.8, 4) is 5.75 Å². The fourth-order valence-corrected chi connectivity index (χ4v) is 4.61. The number of hydrogen-bond donors (Lipinski definition) is 2. The molecular formula is C26H34N4O4. The number of nitrogens with one attached hydrogen (secondary N) is 2. The average Bonchev–Trinajstić information content (AvgIpc) is 2.90. The molecule has 0 aromatic heterocycles. The SMILES string of the molecule is COc1ccc([C@H](CNC(=O)[C@@H]2CCCN(C(=O)Nc3ccccc3)C2)N2CCOCC2)cc1. The number of para-hydroxylation sites is 1. The number of amides is 3. The number of urea groups is 1. The molecule has 8 heteroatoms. The van der Waals surface area contributed by atoms with Crippen molar-refractivity contribution in [1.29, 1.82) is 0 Å². The maximum atomic E-state index is 13.1. The van der Waals surface area contributed by atoms with E-state index in [0.29, 0.717) is 32.8 Å². The lowest BCUT2D eigenvalue weighted by Gasteiger charge is -2.36. The fraction of sp³-hybridized carbons (Fsp3) is 0.462. The van der Waals surface area contributed by atoms with Gasteiger partial charge in [-0.1, -0.05) is 30.3 Å². The topological polar surface area (TPSA) is 83.1 Å². The van der Waals surface area contributed by atoms with E-state index in [1.807, 2.05) is 42.5 Å². The quantitative estimate of drug-likeness (QED) is 0.655. The Hall–Kier alpha value is -3.10. The third kappa shape index (κ3) is 6.27. The highest BCUT2D eigenvalue weighted by molar-refractivity contribution is 5.90. The van der Waals surface area contributed by atoms with Gasteiger partial charge in [-0.15, -0.1) is 0 Å². The number of rotatable bonds is 7. The molecule has 2 heterocycles. The molecule has 3 amide bonds. The van der Waals surface area contributed by atoms with E-state index in [0.717, 1.165) is 42.9 Å². The Balaban J connectivity index is 1.36. The highest BCUT2D eigenvalue weighted by atomic mass is 16.5. The van der Waals surface area contributed by atoms with E-state index in [1.165, 1.54) is 0 Å². The van der Waals surface area contributed by atoms with E-state index in [9.17, 15) is 9.59 Å². The van der Waals surface area contributed by atoms with Gasteiger partial charge in [0.2, 0.25) is 5.91 Å². The van der Waals surface area contributed by atoms with Crippen LogP contribution in [0.1, 0.15) is 24.4 Å². The lowest BCUT2D eigenvalue weighted by Crippen LogP contribution is -2.49. The number of ether oxygens (including phenoxy) is 2. The molecule has 0 saturated carbocycles. The Morgan fingerprint density at radius 2 is 1.79 bits per heavy atom. The summed E-state index contributed by atoms with van der Waals surface area (Å²) in [4.78, 5) is 29.9. The number of hydrogen-bond acceptors (Lipinski definition) is 5. The van der Waals surface area contributed by atoms with Crippen molar-refractivity contribution in [3.05, 3.63) is 60.2 Å². The van der Waals surface area contributed by atoms with Crippen LogP contribution in [0.5, 0.6) is 5.75 Å². The van der Waals surface area contributed by atoms with Gasteiger partial charge in [0.05, 0.1) is 32.3 Å². The predicted octanol–water partition coefficient (Wildman–Crippen LogP) is 3.13. The fourth-order valence-electron chi connectivity index (χ4n) is 4.61. The zero-order valence-electron chi connectivity index (χ0n) is 19.7. The number of likely N-dealkylation sites (tertiary alicyclic amines) is 1. The number of morpholine rings is 1. The standard InChI is InChI=1S/C26H34N4O4/c1-33-23-11-9-20(10-12-23)24(29-14-16-34-17-15-29)18-27-25(31)21-6-5-13-30(19-21)26(32)28-22-7-3-2-4-8-22/h2-4,7-12,21,24H,5-6,13-19H2,1H3,(H,27,31)(H,28,32)/t21-,24+/m1/s1. The minimum atomic E-state index is -0.212. The molecular weight excluding hydrogens is 432 g/mol. The summed E-state index contributed by atoms with van der Waals surface area (Å²) in [6.45, 7) is 4.62. The van der Waals surface area contributed by atoms with Gasteiger partial charge in [0.1, 0.15) is 5.75 Å². The number of benzene rings is 2. The third-order valence-electron chi connectivity index (χ3n) is 6.56. The van der Waals surface area contributed by atoms with Crippen LogP contribution in [0.2, 0.25) is 0 Å². The normalized spacial score (nSPS) is 19.8. The minimum absolute atomic E-state index is 0.00369. The van der Waals surface area contributed by atoms with Gasteiger partial charge < -0.3 is 25.0 Å². The van der Waals surface area contributed by atoms with Crippen LogP contribution in [-0.4, -0.2) is 74.8 Å². The second-order valence-corrected chi connectivity index (χ2v) is 8.76. The Morgan fingerprint density at radius 1 is 1.06 bits per heavy atom. The van der Waals surface area contributed by atoms with Crippen molar-refractivity contribution in [1.82, 2.24) is 15.1 Å². The monoisotopic (exact) mass is 466 g/mol. The molecule has 182 valence electrons. The lowest BCUT2D eigenvalue weighted by atomic mass is 9.97. The first kappa shape index (κ1) is 24.0. The molecule has 8 nitrogen and oxygen atoms in total. The zero-order valence-corrected chi connectivity index (χ0v) is 19.7. The Labute approximate surface area is 201 Å². The molecule has 2 aliphatic heterocycles. The van der Waals surface area contributed by atoms with Crippen LogP contribution in [0.4, 0.5) is 10.5 Å². The first-order valence-electron chi connectivity index (χ1n) is 12.0. The van der Waals surface area contributed by atoms with Gasteiger partial charge in [0.15, 0.2) is 0 Å². The van der Waals surface area contributed by atoms with Crippen LogP contribution >= 0.6 is 0 Å². The zero-order chi connectivity index (χ0) is 23.8. The smallest absolute Gasteiger partial charge is 0.321 e. The van der Waals surface area contributed by atoms with E-state index in [4.69, 9.17) is 9.47 Å². The van der Waals surface area contributed by atoms with Crippen molar-refractivity contribution in [2.45, 2.75) is 18.9 Å². The van der Waals surface area contributed by atoms with Crippen molar-refractivity contribution < 1.29 is 19.1 Å². The Morgan fingerprint density at radius 3 is 2.50 bits per heavy atom. The van der Waals surface area contributed by atoms with E-state index in [2.05, 4.69) is 27.7 Å². The molecule has 2 aromatic carbocycles. The van der Waals surface area contributed by atoms with Crippen LogP contribution in [0.15, 0.2) is 54.6 Å². The van der Waals surface area contributed by atoms with E-state index >= 15 is 0 Å². The summed E-state index contributed by atoms with van der Waals surface area (Å²) >= 11 is 0. The lowest BCUT2D eigenvalue weighted by molar-refractivity contribution is -0.126. The molecule has 2 aliphatic rings. The van der Waals surface area contributed by atoms with Gasteiger partial charge in [0.25, 0.3) is 0 Å². The molecule has 0 bridgehead atoms. The van der Waals surface area contributed by atoms with Crippen LogP contribution in [0.3, 0.4) is 0 Å². The van der Waals surface area contributed by atoms with Gasteiger partial charge in [-0.25, -0.2) is 4.79 Å². The van der Waals surface area contributed by atoms with Crippen LogP contribution in [-0.2, 0) is 9.53 Å². The predicted molar refractivity (Wildman–Crippen MR) is 131 cm³/mol. The van der Waals surface area contributed by atoms with Gasteiger partial charge >= 0.3 is 6.03 Å². The van der Waals surface area contributed by atoms with Crippen LogP contribution < -0.4 is 15.4 Å². The van der Waals surface area contributed by atoms with Crippen molar-refractivity contribution in [2.75, 3.05) is 58.4 Å². The van der Waals surface area contributed by atoms with Crippen LogP contribution in [0, 0.1) is 5.92 Å². The van der Waals surface area contributed by atoms with Gasteiger partial charge in [-0.05, 0) is 42.7 Å². The first-order valence-corrected chi connectivity index (χ1v) is 12.0. The summed E-state index contributed by atoms with van der Waals surface area (Å²) in [6.07, 6.45) is 1.59. The first-order chi connectivity index (χ1) is 16.6. The van der Waals surface area contributed by atoms with Crippen molar-refractivity contribution in [2.24, 2.45) is 5.92 Å². The largest absolute Gasteiger partial charge is 0.497 e. The highest BCUT2D eigenvalue weighted by Crippen LogP contribution is 2.24. The molecule has 2 atom stereocenters. The number of carbonyl (C=O) groups excluding carboxylic acids is 2. The number of piperidine rings is 1. The van der Waals surface area contributed by atoms with Crippen LogP contribution in [0.25, 0.3) is 0 Å². The number of methoxy groups -OCH3 is 1. The molecule has 2 N–H and O–H groups in total. The third-order valence-corrected chi connectivity index (χ3v) is 6.56. The summed E-state index contributed by atoms with van der Waals surface area (Å²) in [5, 5.41) is 6.10. The van der Waals surface area contributed by atoms with E-state index < -0.39 is 0 Å². The summed E-state index contributed by atoms with van der Waals surface area (Å²) < 4.78 is 10.8. The Bertz CT molecular complexity index is 932. The maximum Gasteiger partial charge on any atom is 0.321 e. The molecule has 0 aliphatic carbocycles. The summed E-state index contributed by atoms with van der Waals surface area (Å²) in [6, 6.07) is 17.3. The van der Waals surface area contributed by atoms with Gasteiger partial charge in [-0.3, -0.25) is 9.69 Å². The number of nitrogens with zero attached hydrogens (tertiary/aromatic N) is 2.